The molecule has 33 heavy (non-hydrogen) atoms. The Morgan fingerprint density at radius 3 is 2.42 bits per heavy atom. The summed E-state index contributed by atoms with van der Waals surface area (Å²) in [6.07, 6.45) is -1.10. The van der Waals surface area contributed by atoms with Crippen LogP contribution >= 0.6 is 0 Å². The van der Waals surface area contributed by atoms with Gasteiger partial charge in [-0.2, -0.15) is 0 Å². The number of hydrogen-bond acceptors (Lipinski definition) is 7. The van der Waals surface area contributed by atoms with E-state index in [1.807, 2.05) is 26.8 Å². The largest absolute Gasteiger partial charge is 0.390 e. The van der Waals surface area contributed by atoms with Crippen LogP contribution in [-0.2, 0) is 19.2 Å². The summed E-state index contributed by atoms with van der Waals surface area (Å²) in [5, 5.41) is 34.2. The smallest absolute Gasteiger partial charge is 0.235 e. The molecule has 8 atom stereocenters. The van der Waals surface area contributed by atoms with Gasteiger partial charge in [-0.15, -0.1) is 0 Å². The lowest BCUT2D eigenvalue weighted by molar-refractivity contribution is -0.284. The molecule has 2 aliphatic carbocycles. The molecule has 0 aromatic carbocycles. The summed E-state index contributed by atoms with van der Waals surface area (Å²) in [4.78, 5) is 32.9. The van der Waals surface area contributed by atoms with Crippen molar-refractivity contribution in [3.63, 3.8) is 0 Å². The monoisotopic (exact) mass is 465 g/mol. The summed E-state index contributed by atoms with van der Waals surface area (Å²) >= 11 is 0. The normalized spacial score (nSPS) is 41.8. The molecule has 8 nitrogen and oxygen atoms in total. The van der Waals surface area contributed by atoms with Gasteiger partial charge < -0.3 is 20.3 Å². The fourth-order valence-electron chi connectivity index (χ4n) is 6.24. The molecule has 1 spiro atoms. The predicted octanol–water partition coefficient (Wildman–Crippen LogP) is 2.39. The van der Waals surface area contributed by atoms with E-state index in [1.54, 1.807) is 0 Å². The van der Waals surface area contributed by atoms with Crippen molar-refractivity contribution in [1.82, 2.24) is 5.32 Å². The topological polar surface area (TPSA) is 125 Å². The lowest BCUT2D eigenvalue weighted by Crippen LogP contribution is -2.57. The third-order valence-corrected chi connectivity index (χ3v) is 8.02. The summed E-state index contributed by atoms with van der Waals surface area (Å²) < 4.78 is 5.42. The molecule has 3 aliphatic rings. The zero-order chi connectivity index (χ0) is 24.7. The lowest BCUT2D eigenvalue weighted by atomic mass is 9.54. The maximum absolute atomic E-state index is 14.1. The summed E-state index contributed by atoms with van der Waals surface area (Å²) in [5.41, 5.74) is 1.01. The Bertz CT molecular complexity index is 835. The van der Waals surface area contributed by atoms with Gasteiger partial charge in [-0.25, -0.2) is 4.89 Å². The highest BCUT2D eigenvalue weighted by Crippen LogP contribution is 2.56. The Morgan fingerprint density at radius 2 is 1.85 bits per heavy atom. The minimum absolute atomic E-state index is 0.235. The molecule has 1 aliphatic heterocycles. The lowest BCUT2D eigenvalue weighted by Gasteiger charge is -2.47. The van der Waals surface area contributed by atoms with Gasteiger partial charge in [0.25, 0.3) is 0 Å². The second-order valence-corrected chi connectivity index (χ2v) is 10.5. The molecule has 3 rings (SSSR count). The van der Waals surface area contributed by atoms with Crippen LogP contribution in [0.15, 0.2) is 22.8 Å². The first-order valence-corrected chi connectivity index (χ1v) is 11.9. The van der Waals surface area contributed by atoms with Crippen molar-refractivity contribution in [2.45, 2.75) is 90.8 Å². The fraction of sp³-hybridized carbons (Fsp3) is 0.760. The van der Waals surface area contributed by atoms with Crippen LogP contribution in [0, 0.1) is 23.2 Å². The van der Waals surface area contributed by atoms with Crippen molar-refractivity contribution in [3.05, 3.63) is 22.8 Å². The molecule has 0 saturated carbocycles. The van der Waals surface area contributed by atoms with E-state index in [-0.39, 0.29) is 30.6 Å². The number of ketones is 1. The number of Topliss-reactive ketones (excluding diaryl/α,β-unsaturated/α-hetero) is 1. The summed E-state index contributed by atoms with van der Waals surface area (Å²) in [7, 11) is 1.38. The standard InChI is InChI=1S/C25H39NO7/c1-12(2)9-17-21-14(4)15(5)23(33-31)16-10-13(3)7-8-18(27)22(29)19(32-6)11-20(28)25(16,21)24(30)26-17/h10,12,16-19,21-23,27,29,31H,7-9,11H2,1-6H3,(H,26,30)/b13-10-/t16-,17+,18+,19+,21-,22+,23-,25-/m0/s1. The van der Waals surface area contributed by atoms with E-state index in [1.165, 1.54) is 7.11 Å². The van der Waals surface area contributed by atoms with Gasteiger partial charge >= 0.3 is 0 Å². The van der Waals surface area contributed by atoms with E-state index in [2.05, 4.69) is 19.2 Å². The van der Waals surface area contributed by atoms with Crippen molar-refractivity contribution in [2.75, 3.05) is 7.11 Å². The molecule has 186 valence electrons. The van der Waals surface area contributed by atoms with Gasteiger partial charge in [0.15, 0.2) is 5.78 Å². The number of hydrogen-bond donors (Lipinski definition) is 4. The molecule has 1 fully saturated rings. The molecular weight excluding hydrogens is 426 g/mol. The second kappa shape index (κ2) is 9.96. The fourth-order valence-corrected chi connectivity index (χ4v) is 6.24. The number of ether oxygens (including phenoxy) is 1. The Kier molecular flexibility index (Phi) is 7.86. The quantitative estimate of drug-likeness (QED) is 0.217. The van der Waals surface area contributed by atoms with Gasteiger partial charge in [0.1, 0.15) is 17.6 Å². The first-order chi connectivity index (χ1) is 15.5. The van der Waals surface area contributed by atoms with E-state index in [0.29, 0.717) is 18.8 Å². The molecule has 1 heterocycles. The van der Waals surface area contributed by atoms with Crippen molar-refractivity contribution >= 4 is 11.7 Å². The molecular formula is C25H39NO7. The number of carbonyl (C=O) groups excluding carboxylic acids is 2. The Hall–Kier alpha value is -1.58. The number of rotatable bonds is 4. The highest BCUT2D eigenvalue weighted by Gasteiger charge is 2.67. The van der Waals surface area contributed by atoms with Gasteiger partial charge in [-0.1, -0.05) is 31.1 Å². The SMILES string of the molecule is CO[C@@H]1CC(=O)[C@]23C(=O)N[C@H](CC(C)C)[C@@H]2C(C)=C(C)[C@H](OO)[C@@H]3/C=C(/C)CC[C@@H](O)[C@H]1O. The molecule has 4 N–H and O–H groups in total. The van der Waals surface area contributed by atoms with Crippen molar-refractivity contribution < 1.29 is 34.7 Å². The molecule has 0 aromatic rings. The number of amides is 1. The number of nitrogens with one attached hydrogen (secondary N) is 1. The van der Waals surface area contributed by atoms with Crippen LogP contribution in [0.3, 0.4) is 0 Å². The predicted molar refractivity (Wildman–Crippen MR) is 122 cm³/mol. The number of allylic oxidation sites excluding steroid dienone is 1. The van der Waals surface area contributed by atoms with Gasteiger partial charge in [-0.3, -0.25) is 14.8 Å². The van der Waals surface area contributed by atoms with Crippen LogP contribution in [-0.4, -0.2) is 64.7 Å². The van der Waals surface area contributed by atoms with Gasteiger partial charge in [0.2, 0.25) is 5.91 Å². The molecule has 1 amide bonds. The molecule has 0 radical (unpaired) electrons. The summed E-state index contributed by atoms with van der Waals surface area (Å²) in [6, 6.07) is -0.242. The molecule has 0 unspecified atom stereocenters. The van der Waals surface area contributed by atoms with E-state index >= 15 is 0 Å². The number of aliphatic hydroxyl groups excluding tert-OH is 2. The Morgan fingerprint density at radius 1 is 1.18 bits per heavy atom. The zero-order valence-corrected chi connectivity index (χ0v) is 20.5. The van der Waals surface area contributed by atoms with Gasteiger partial charge in [0, 0.05) is 31.4 Å². The van der Waals surface area contributed by atoms with Crippen LogP contribution < -0.4 is 5.32 Å². The van der Waals surface area contributed by atoms with Crippen LogP contribution in [0.5, 0.6) is 0 Å². The highest BCUT2D eigenvalue weighted by molar-refractivity contribution is 6.10. The van der Waals surface area contributed by atoms with Crippen LogP contribution in [0.1, 0.15) is 60.3 Å². The average Bonchev–Trinajstić information content (AvgIpc) is 3.04. The summed E-state index contributed by atoms with van der Waals surface area (Å²) in [5.74, 6) is -1.61. The zero-order valence-electron chi connectivity index (χ0n) is 20.5. The Balaban J connectivity index is 2.27. The van der Waals surface area contributed by atoms with Crippen LogP contribution in [0.2, 0.25) is 0 Å². The van der Waals surface area contributed by atoms with E-state index in [0.717, 1.165) is 16.7 Å². The second-order valence-electron chi connectivity index (χ2n) is 10.5. The minimum Gasteiger partial charge on any atom is -0.390 e. The molecule has 0 bridgehead atoms. The van der Waals surface area contributed by atoms with E-state index in [4.69, 9.17) is 9.62 Å². The highest BCUT2D eigenvalue weighted by atomic mass is 17.1. The van der Waals surface area contributed by atoms with Crippen molar-refractivity contribution in [2.24, 2.45) is 23.2 Å². The Labute approximate surface area is 196 Å². The minimum atomic E-state index is -1.51. The third-order valence-electron chi connectivity index (χ3n) is 8.02. The van der Waals surface area contributed by atoms with E-state index in [9.17, 15) is 25.1 Å². The first kappa shape index (κ1) is 26.0. The van der Waals surface area contributed by atoms with E-state index < -0.39 is 41.7 Å². The number of carbonyl (C=O) groups is 2. The maximum atomic E-state index is 14.1. The number of aliphatic hydroxyl groups is 2. The van der Waals surface area contributed by atoms with Crippen LogP contribution in [0.4, 0.5) is 0 Å². The first-order valence-electron chi connectivity index (χ1n) is 11.9. The van der Waals surface area contributed by atoms with Crippen molar-refractivity contribution in [1.29, 1.82) is 0 Å². The maximum Gasteiger partial charge on any atom is 0.235 e. The average molecular weight is 466 g/mol. The molecule has 8 heteroatoms. The van der Waals surface area contributed by atoms with Crippen LogP contribution in [0.25, 0.3) is 0 Å². The van der Waals surface area contributed by atoms with Gasteiger partial charge in [-0.05, 0) is 51.5 Å². The van der Waals surface area contributed by atoms with Crippen molar-refractivity contribution in [3.8, 4) is 0 Å². The summed E-state index contributed by atoms with van der Waals surface area (Å²) in [6.45, 7) is 9.79. The molecule has 0 aromatic heterocycles. The third kappa shape index (κ3) is 4.32. The molecule has 1 saturated heterocycles. The van der Waals surface area contributed by atoms with Gasteiger partial charge in [0.05, 0.1) is 12.2 Å². The number of methoxy groups -OCH3 is 1.